The average molecular weight is 355 g/mol. The van der Waals surface area contributed by atoms with E-state index in [9.17, 15) is 4.79 Å². The molecule has 1 amide bonds. The molecule has 0 radical (unpaired) electrons. The van der Waals surface area contributed by atoms with Crippen molar-refractivity contribution in [1.82, 2.24) is 0 Å². The normalized spacial score (nSPS) is 13.2. The van der Waals surface area contributed by atoms with Gasteiger partial charge in [0.25, 0.3) is 0 Å². The van der Waals surface area contributed by atoms with Gasteiger partial charge in [0.1, 0.15) is 11.5 Å². The summed E-state index contributed by atoms with van der Waals surface area (Å²) < 4.78 is 21.6. The second kappa shape index (κ2) is 8.29. The Bertz CT molecular complexity index is 794. The Kier molecular flexibility index (Phi) is 5.63. The van der Waals surface area contributed by atoms with E-state index in [-0.39, 0.29) is 5.91 Å². The third-order valence-corrected chi connectivity index (χ3v) is 3.82. The number of hydrogen-bond acceptors (Lipinski definition) is 5. The Morgan fingerprint density at radius 3 is 2.38 bits per heavy atom. The molecule has 2 aromatic carbocycles. The van der Waals surface area contributed by atoms with Crippen molar-refractivity contribution >= 4 is 17.7 Å². The Labute approximate surface area is 152 Å². The van der Waals surface area contributed by atoms with Crippen molar-refractivity contribution in [1.29, 1.82) is 0 Å². The molecule has 0 fully saturated rings. The van der Waals surface area contributed by atoms with Gasteiger partial charge in [-0.15, -0.1) is 0 Å². The molecule has 1 aliphatic rings. The molecular weight excluding hydrogens is 334 g/mol. The summed E-state index contributed by atoms with van der Waals surface area (Å²) in [6.07, 6.45) is 4.04. The summed E-state index contributed by atoms with van der Waals surface area (Å²) in [6.45, 7) is 1.27. The molecule has 0 bridgehead atoms. The summed E-state index contributed by atoms with van der Waals surface area (Å²) in [5.74, 6) is 2.38. The molecule has 0 saturated carbocycles. The highest BCUT2D eigenvalue weighted by Gasteiger charge is 2.10. The van der Waals surface area contributed by atoms with Gasteiger partial charge in [0, 0.05) is 36.4 Å². The summed E-state index contributed by atoms with van der Waals surface area (Å²) in [7, 11) is 3.12. The lowest BCUT2D eigenvalue weighted by molar-refractivity contribution is -0.111. The Morgan fingerprint density at radius 1 is 1.00 bits per heavy atom. The van der Waals surface area contributed by atoms with E-state index < -0.39 is 0 Å². The van der Waals surface area contributed by atoms with Gasteiger partial charge in [-0.25, -0.2) is 0 Å². The molecule has 0 atom stereocenters. The Morgan fingerprint density at radius 2 is 1.69 bits per heavy atom. The quantitative estimate of drug-likeness (QED) is 0.832. The van der Waals surface area contributed by atoms with Crippen molar-refractivity contribution < 1.29 is 23.7 Å². The van der Waals surface area contributed by atoms with Crippen molar-refractivity contribution in [2.45, 2.75) is 6.42 Å². The maximum atomic E-state index is 12.2. The van der Waals surface area contributed by atoms with E-state index in [1.54, 1.807) is 38.5 Å². The summed E-state index contributed by atoms with van der Waals surface area (Å²) in [6, 6.07) is 10.8. The highest BCUT2D eigenvalue weighted by atomic mass is 16.5. The molecule has 3 rings (SSSR count). The number of ether oxygens (including phenoxy) is 4. The zero-order valence-corrected chi connectivity index (χ0v) is 14.8. The standard InChI is InChI=1S/C20H21NO5/c1-23-16-11-15(12-17(13-16)24-2)21-20(22)7-5-14-4-6-18-19(10-14)26-9-3-8-25-18/h4-7,10-13H,3,8-9H2,1-2H3,(H,21,22)/b7-5+. The predicted molar refractivity (Wildman–Crippen MR) is 99.3 cm³/mol. The molecule has 1 aliphatic heterocycles. The van der Waals surface area contributed by atoms with Gasteiger partial charge in [0.05, 0.1) is 27.4 Å². The first-order valence-electron chi connectivity index (χ1n) is 8.30. The van der Waals surface area contributed by atoms with E-state index in [0.717, 1.165) is 17.7 Å². The zero-order valence-electron chi connectivity index (χ0n) is 14.8. The summed E-state index contributed by atoms with van der Waals surface area (Å²) in [5, 5.41) is 2.79. The summed E-state index contributed by atoms with van der Waals surface area (Å²) in [5.41, 5.74) is 1.45. The maximum Gasteiger partial charge on any atom is 0.248 e. The number of amides is 1. The lowest BCUT2D eigenvalue weighted by Gasteiger charge is -2.09. The van der Waals surface area contributed by atoms with Crippen LogP contribution >= 0.6 is 0 Å². The molecule has 0 unspecified atom stereocenters. The van der Waals surface area contributed by atoms with Crippen LogP contribution in [0.3, 0.4) is 0 Å². The molecule has 1 heterocycles. The van der Waals surface area contributed by atoms with Gasteiger partial charge < -0.3 is 24.3 Å². The van der Waals surface area contributed by atoms with Crippen molar-refractivity contribution in [2.24, 2.45) is 0 Å². The van der Waals surface area contributed by atoms with Gasteiger partial charge in [-0.3, -0.25) is 4.79 Å². The van der Waals surface area contributed by atoms with Crippen molar-refractivity contribution in [3.8, 4) is 23.0 Å². The number of carbonyl (C=O) groups excluding carboxylic acids is 1. The average Bonchev–Trinajstić information content (AvgIpc) is 2.90. The fourth-order valence-corrected chi connectivity index (χ4v) is 2.52. The SMILES string of the molecule is COc1cc(NC(=O)/C=C/c2ccc3c(c2)OCCCO3)cc(OC)c1. The molecule has 136 valence electrons. The number of nitrogens with one attached hydrogen (secondary N) is 1. The molecule has 0 spiro atoms. The van der Waals surface area contributed by atoms with Crippen LogP contribution in [0.4, 0.5) is 5.69 Å². The maximum absolute atomic E-state index is 12.2. The highest BCUT2D eigenvalue weighted by molar-refractivity contribution is 6.02. The van der Waals surface area contributed by atoms with Gasteiger partial charge in [0.15, 0.2) is 11.5 Å². The third kappa shape index (κ3) is 4.47. The van der Waals surface area contributed by atoms with Crippen LogP contribution in [0.1, 0.15) is 12.0 Å². The molecule has 2 aromatic rings. The smallest absolute Gasteiger partial charge is 0.248 e. The van der Waals surface area contributed by atoms with Crippen LogP contribution in [0.5, 0.6) is 23.0 Å². The highest BCUT2D eigenvalue weighted by Crippen LogP contribution is 2.31. The third-order valence-electron chi connectivity index (χ3n) is 3.82. The minimum atomic E-state index is -0.257. The lowest BCUT2D eigenvalue weighted by atomic mass is 10.2. The second-order valence-corrected chi connectivity index (χ2v) is 5.68. The number of carbonyl (C=O) groups is 1. The monoisotopic (exact) mass is 355 g/mol. The largest absolute Gasteiger partial charge is 0.497 e. The molecule has 6 nitrogen and oxygen atoms in total. The second-order valence-electron chi connectivity index (χ2n) is 5.68. The molecular formula is C20H21NO5. The first kappa shape index (κ1) is 17.7. The number of benzene rings is 2. The van der Waals surface area contributed by atoms with Gasteiger partial charge in [-0.2, -0.15) is 0 Å². The number of rotatable bonds is 5. The molecule has 26 heavy (non-hydrogen) atoms. The molecule has 0 aromatic heterocycles. The van der Waals surface area contributed by atoms with Crippen LogP contribution in [0, 0.1) is 0 Å². The number of fused-ring (bicyclic) bond motifs is 1. The fourth-order valence-electron chi connectivity index (χ4n) is 2.52. The van der Waals surface area contributed by atoms with Crippen molar-refractivity contribution in [3.63, 3.8) is 0 Å². The number of methoxy groups -OCH3 is 2. The van der Waals surface area contributed by atoms with E-state index in [1.165, 1.54) is 6.08 Å². The first-order valence-corrected chi connectivity index (χ1v) is 8.30. The number of anilines is 1. The van der Waals surface area contributed by atoms with Crippen molar-refractivity contribution in [2.75, 3.05) is 32.8 Å². The molecule has 1 N–H and O–H groups in total. The van der Waals surface area contributed by atoms with E-state index in [4.69, 9.17) is 18.9 Å². The van der Waals surface area contributed by atoms with E-state index >= 15 is 0 Å². The summed E-state index contributed by atoms with van der Waals surface area (Å²) >= 11 is 0. The van der Waals surface area contributed by atoms with Crippen LogP contribution in [0.2, 0.25) is 0 Å². The topological polar surface area (TPSA) is 66.0 Å². The van der Waals surface area contributed by atoms with Gasteiger partial charge in [0.2, 0.25) is 5.91 Å². The number of hydrogen-bond donors (Lipinski definition) is 1. The molecule has 0 aliphatic carbocycles. The Balaban J connectivity index is 1.69. The van der Waals surface area contributed by atoms with Crippen LogP contribution in [0.25, 0.3) is 6.08 Å². The van der Waals surface area contributed by atoms with Gasteiger partial charge in [-0.1, -0.05) is 6.07 Å². The Hall–Kier alpha value is -3.15. The van der Waals surface area contributed by atoms with Crippen molar-refractivity contribution in [3.05, 3.63) is 48.0 Å². The van der Waals surface area contributed by atoms with E-state index in [0.29, 0.717) is 36.1 Å². The zero-order chi connectivity index (χ0) is 18.4. The van der Waals surface area contributed by atoms with Gasteiger partial charge in [-0.05, 0) is 23.8 Å². The lowest BCUT2D eigenvalue weighted by Crippen LogP contribution is -2.08. The summed E-state index contributed by atoms with van der Waals surface area (Å²) in [4.78, 5) is 12.2. The van der Waals surface area contributed by atoms with E-state index in [2.05, 4.69) is 5.32 Å². The first-order chi connectivity index (χ1) is 12.7. The minimum absolute atomic E-state index is 0.257. The van der Waals surface area contributed by atoms with E-state index in [1.807, 2.05) is 18.2 Å². The minimum Gasteiger partial charge on any atom is -0.497 e. The predicted octanol–water partition coefficient (Wildman–Crippen LogP) is 3.52. The fraction of sp³-hybridized carbons (Fsp3) is 0.250. The molecule has 0 saturated heterocycles. The van der Waals surface area contributed by atoms with Crippen LogP contribution in [-0.4, -0.2) is 33.3 Å². The van der Waals surface area contributed by atoms with Crippen LogP contribution in [-0.2, 0) is 4.79 Å². The van der Waals surface area contributed by atoms with Crippen LogP contribution < -0.4 is 24.3 Å². The van der Waals surface area contributed by atoms with Crippen LogP contribution in [0.15, 0.2) is 42.5 Å². The van der Waals surface area contributed by atoms with Gasteiger partial charge >= 0.3 is 0 Å². The molecule has 6 heteroatoms.